The monoisotopic (exact) mass is 353 g/mol. The van der Waals surface area contributed by atoms with Gasteiger partial charge in [-0.3, -0.25) is 9.59 Å². The highest BCUT2D eigenvalue weighted by Gasteiger charge is 2.29. The average Bonchev–Trinajstić information content (AvgIpc) is 2.85. The Morgan fingerprint density at radius 3 is 2.21 bits per heavy atom. The van der Waals surface area contributed by atoms with E-state index in [9.17, 15) is 18.0 Å². The van der Waals surface area contributed by atoms with E-state index >= 15 is 0 Å². The Morgan fingerprint density at radius 2 is 1.71 bits per heavy atom. The summed E-state index contributed by atoms with van der Waals surface area (Å²) >= 11 is 0. The lowest BCUT2D eigenvalue weighted by Gasteiger charge is -2.12. The van der Waals surface area contributed by atoms with E-state index in [0.29, 0.717) is 24.1 Å². The third-order valence-electron chi connectivity index (χ3n) is 3.82. The highest BCUT2D eigenvalue weighted by atomic mass is 32.2. The zero-order chi connectivity index (χ0) is 17.7. The minimum Gasteiger partial charge on any atom is -0.351 e. The van der Waals surface area contributed by atoms with Crippen molar-refractivity contribution < 1.29 is 18.0 Å². The molecule has 1 heterocycles. The Bertz CT molecular complexity index is 699. The van der Waals surface area contributed by atoms with Crippen LogP contribution in [0.25, 0.3) is 0 Å². The number of likely N-dealkylation sites (N-methyl/N-ethyl adjacent to an activating group) is 1. The number of sulfone groups is 1. The molecule has 2 N–H and O–H groups in total. The molecule has 2 rings (SSSR count). The third kappa shape index (κ3) is 5.31. The van der Waals surface area contributed by atoms with Crippen LogP contribution in [0, 0.1) is 0 Å². The number of benzene rings is 1. The molecule has 1 saturated heterocycles. The summed E-state index contributed by atoms with van der Waals surface area (Å²) in [6.07, 6.45) is 0.445. The predicted molar refractivity (Wildman–Crippen MR) is 91.9 cm³/mol. The first-order valence-corrected chi connectivity index (χ1v) is 9.63. The van der Waals surface area contributed by atoms with E-state index in [1.807, 2.05) is 19.0 Å². The van der Waals surface area contributed by atoms with Gasteiger partial charge in [0.2, 0.25) is 0 Å². The van der Waals surface area contributed by atoms with Crippen molar-refractivity contribution in [1.29, 1.82) is 0 Å². The van der Waals surface area contributed by atoms with Gasteiger partial charge in [0.25, 0.3) is 11.8 Å². The number of hydrogen-bond acceptors (Lipinski definition) is 5. The second kappa shape index (κ2) is 7.76. The molecule has 1 aliphatic heterocycles. The van der Waals surface area contributed by atoms with E-state index < -0.39 is 9.84 Å². The number of nitrogens with one attached hydrogen (secondary N) is 2. The molecule has 1 aromatic rings. The quantitative estimate of drug-likeness (QED) is 0.744. The Morgan fingerprint density at radius 1 is 1.12 bits per heavy atom. The molecule has 1 fully saturated rings. The molecule has 1 atom stereocenters. The van der Waals surface area contributed by atoms with E-state index in [2.05, 4.69) is 10.6 Å². The van der Waals surface area contributed by atoms with Crippen LogP contribution in [0.15, 0.2) is 24.3 Å². The van der Waals surface area contributed by atoms with E-state index in [1.54, 1.807) is 24.3 Å². The van der Waals surface area contributed by atoms with Gasteiger partial charge >= 0.3 is 0 Å². The summed E-state index contributed by atoms with van der Waals surface area (Å²) in [7, 11) is 0.824. The SMILES string of the molecule is CN(C)CCNC(=O)c1ccc(C(=O)NC2CCS(=O)(=O)C2)cc1. The highest BCUT2D eigenvalue weighted by Crippen LogP contribution is 2.12. The van der Waals surface area contributed by atoms with Crippen LogP contribution < -0.4 is 10.6 Å². The second-order valence-corrected chi connectivity index (χ2v) is 8.44. The Hall–Kier alpha value is -1.93. The van der Waals surface area contributed by atoms with Crippen molar-refractivity contribution >= 4 is 21.7 Å². The van der Waals surface area contributed by atoms with Crippen molar-refractivity contribution in [3.8, 4) is 0 Å². The van der Waals surface area contributed by atoms with Crippen LogP contribution in [0.4, 0.5) is 0 Å². The lowest BCUT2D eigenvalue weighted by molar-refractivity contribution is 0.0933. The van der Waals surface area contributed by atoms with Crippen molar-refractivity contribution in [3.05, 3.63) is 35.4 Å². The zero-order valence-electron chi connectivity index (χ0n) is 13.9. The molecule has 0 aliphatic carbocycles. The van der Waals surface area contributed by atoms with Gasteiger partial charge in [0.1, 0.15) is 0 Å². The lowest BCUT2D eigenvalue weighted by Crippen LogP contribution is -2.35. The Kier molecular flexibility index (Phi) is 5.95. The van der Waals surface area contributed by atoms with Gasteiger partial charge in [-0.25, -0.2) is 8.42 Å². The standard InChI is InChI=1S/C16H23N3O4S/c1-19(2)9-8-17-15(20)12-3-5-13(6-4-12)16(21)18-14-7-10-24(22,23)11-14/h3-6,14H,7-11H2,1-2H3,(H,17,20)(H,18,21). The molecular weight excluding hydrogens is 330 g/mol. The molecule has 1 aromatic carbocycles. The van der Waals surface area contributed by atoms with Crippen LogP contribution in [-0.2, 0) is 9.84 Å². The van der Waals surface area contributed by atoms with Gasteiger partial charge in [-0.15, -0.1) is 0 Å². The summed E-state index contributed by atoms with van der Waals surface area (Å²) in [5.74, 6) is -0.405. The first kappa shape index (κ1) is 18.4. The maximum atomic E-state index is 12.1. The van der Waals surface area contributed by atoms with Gasteiger partial charge in [-0.05, 0) is 44.8 Å². The Labute approximate surface area is 142 Å². The van der Waals surface area contributed by atoms with Crippen LogP contribution in [0.3, 0.4) is 0 Å². The lowest BCUT2D eigenvalue weighted by atomic mass is 10.1. The number of carbonyl (C=O) groups is 2. The van der Waals surface area contributed by atoms with Crippen molar-refractivity contribution in [1.82, 2.24) is 15.5 Å². The van der Waals surface area contributed by atoms with Crippen LogP contribution in [0.2, 0.25) is 0 Å². The fraction of sp³-hybridized carbons (Fsp3) is 0.500. The smallest absolute Gasteiger partial charge is 0.251 e. The van der Waals surface area contributed by atoms with Gasteiger partial charge in [-0.1, -0.05) is 0 Å². The normalized spacial score (nSPS) is 19.2. The molecule has 0 bridgehead atoms. The fourth-order valence-electron chi connectivity index (χ4n) is 2.45. The van der Waals surface area contributed by atoms with Crippen LogP contribution >= 0.6 is 0 Å². The molecule has 24 heavy (non-hydrogen) atoms. The molecule has 1 unspecified atom stereocenters. The topological polar surface area (TPSA) is 95.6 Å². The minimum atomic E-state index is -3.03. The number of nitrogens with zero attached hydrogens (tertiary/aromatic N) is 1. The molecule has 2 amide bonds. The average molecular weight is 353 g/mol. The first-order chi connectivity index (χ1) is 11.3. The van der Waals surface area contributed by atoms with E-state index in [-0.39, 0.29) is 29.4 Å². The molecule has 0 spiro atoms. The fourth-order valence-corrected chi connectivity index (χ4v) is 4.12. The van der Waals surface area contributed by atoms with E-state index in [4.69, 9.17) is 0 Å². The summed E-state index contributed by atoms with van der Waals surface area (Å²) in [5, 5.41) is 5.52. The summed E-state index contributed by atoms with van der Waals surface area (Å²) in [5.41, 5.74) is 0.887. The van der Waals surface area contributed by atoms with Crippen LogP contribution in [0.1, 0.15) is 27.1 Å². The van der Waals surface area contributed by atoms with Gasteiger partial charge < -0.3 is 15.5 Å². The summed E-state index contributed by atoms with van der Waals surface area (Å²) < 4.78 is 22.8. The second-order valence-electron chi connectivity index (χ2n) is 6.21. The van der Waals surface area contributed by atoms with E-state index in [1.165, 1.54) is 0 Å². The van der Waals surface area contributed by atoms with Crippen LogP contribution in [0.5, 0.6) is 0 Å². The molecule has 132 valence electrons. The summed E-state index contributed by atoms with van der Waals surface area (Å²) in [6.45, 7) is 1.29. The van der Waals surface area contributed by atoms with Crippen molar-refractivity contribution in [3.63, 3.8) is 0 Å². The van der Waals surface area contributed by atoms with Gasteiger partial charge in [0.05, 0.1) is 11.5 Å². The van der Waals surface area contributed by atoms with E-state index in [0.717, 1.165) is 6.54 Å². The number of rotatable bonds is 6. The largest absolute Gasteiger partial charge is 0.351 e. The summed E-state index contributed by atoms with van der Waals surface area (Å²) in [4.78, 5) is 26.1. The zero-order valence-corrected chi connectivity index (χ0v) is 14.7. The number of amides is 2. The molecule has 0 aromatic heterocycles. The highest BCUT2D eigenvalue weighted by molar-refractivity contribution is 7.91. The van der Waals surface area contributed by atoms with Gasteiger partial charge in [0.15, 0.2) is 9.84 Å². The third-order valence-corrected chi connectivity index (χ3v) is 5.59. The maximum absolute atomic E-state index is 12.1. The molecular formula is C16H23N3O4S. The van der Waals surface area contributed by atoms with Crippen molar-refractivity contribution in [2.45, 2.75) is 12.5 Å². The van der Waals surface area contributed by atoms with Crippen molar-refractivity contribution in [2.24, 2.45) is 0 Å². The first-order valence-electron chi connectivity index (χ1n) is 7.81. The molecule has 0 saturated carbocycles. The van der Waals surface area contributed by atoms with Gasteiger partial charge in [0, 0.05) is 30.3 Å². The molecule has 0 radical (unpaired) electrons. The number of carbonyl (C=O) groups excluding carboxylic acids is 2. The van der Waals surface area contributed by atoms with Crippen LogP contribution in [-0.4, -0.2) is 69.9 Å². The maximum Gasteiger partial charge on any atom is 0.251 e. The molecule has 8 heteroatoms. The van der Waals surface area contributed by atoms with Crippen molar-refractivity contribution in [2.75, 3.05) is 38.7 Å². The predicted octanol–water partition coefficient (Wildman–Crippen LogP) is -0.105. The summed E-state index contributed by atoms with van der Waals surface area (Å²) in [6, 6.07) is 5.98. The Balaban J connectivity index is 1.89. The molecule has 7 nitrogen and oxygen atoms in total. The minimum absolute atomic E-state index is 0.00883. The van der Waals surface area contributed by atoms with Gasteiger partial charge in [-0.2, -0.15) is 0 Å². The molecule has 1 aliphatic rings. The number of hydrogen-bond donors (Lipinski definition) is 2.